The van der Waals surface area contributed by atoms with Crippen molar-refractivity contribution in [3.05, 3.63) is 42.0 Å². The van der Waals surface area contributed by atoms with Gasteiger partial charge >= 0.3 is 0 Å². The predicted octanol–water partition coefficient (Wildman–Crippen LogP) is 3.51. The third-order valence-electron chi connectivity index (χ3n) is 5.17. The molecule has 102 valence electrons. The van der Waals surface area contributed by atoms with Gasteiger partial charge in [-0.3, -0.25) is 0 Å². The molecule has 1 unspecified atom stereocenters. The van der Waals surface area contributed by atoms with Gasteiger partial charge in [-0.15, -0.1) is 0 Å². The predicted molar refractivity (Wildman–Crippen MR) is 76.7 cm³/mol. The van der Waals surface area contributed by atoms with Gasteiger partial charge in [-0.2, -0.15) is 0 Å². The van der Waals surface area contributed by atoms with Crippen LogP contribution in [0.5, 0.6) is 0 Å². The second-order valence-corrected chi connectivity index (χ2v) is 8.39. The van der Waals surface area contributed by atoms with Crippen molar-refractivity contribution in [3.63, 3.8) is 0 Å². The van der Waals surface area contributed by atoms with E-state index in [1.165, 1.54) is 0 Å². The minimum atomic E-state index is -3.24. The lowest BCUT2D eigenvalue weighted by atomic mass is 9.84. The Bertz CT molecular complexity index is 627. The highest BCUT2D eigenvalue weighted by atomic mass is 32.2. The lowest BCUT2D eigenvalue weighted by Gasteiger charge is -2.31. The van der Waals surface area contributed by atoms with Crippen LogP contribution in [0.2, 0.25) is 0 Å². The number of hydrogen-bond donors (Lipinski definition) is 0. The molecule has 2 aliphatic rings. The maximum absolute atomic E-state index is 12.8. The molecular formula is C16H20O2S. The lowest BCUT2D eigenvalue weighted by molar-refractivity contribution is 0.355. The third kappa shape index (κ3) is 1.71. The van der Waals surface area contributed by atoms with Gasteiger partial charge in [0.2, 0.25) is 0 Å². The Hall–Kier alpha value is -1.09. The molecule has 1 aromatic rings. The van der Waals surface area contributed by atoms with Crippen LogP contribution in [0.1, 0.15) is 31.7 Å². The zero-order valence-corrected chi connectivity index (χ0v) is 12.3. The number of benzene rings is 1. The summed E-state index contributed by atoms with van der Waals surface area (Å²) in [6, 6.07) is 7.22. The van der Waals surface area contributed by atoms with Crippen LogP contribution in [0.3, 0.4) is 0 Å². The first kappa shape index (κ1) is 12.9. The molecule has 3 heteroatoms. The SMILES string of the molecule is C=C1[C@@H]2CC[C@]1(C)C(S(=O)(=O)c1ccc(C)cc1)C2. The van der Waals surface area contributed by atoms with Crippen LogP contribution in [0.15, 0.2) is 41.3 Å². The van der Waals surface area contributed by atoms with Crippen molar-refractivity contribution in [3.8, 4) is 0 Å². The van der Waals surface area contributed by atoms with Crippen LogP contribution in [0, 0.1) is 18.3 Å². The van der Waals surface area contributed by atoms with E-state index in [1.54, 1.807) is 12.1 Å². The Kier molecular flexibility index (Phi) is 2.69. The van der Waals surface area contributed by atoms with Gasteiger partial charge in [0, 0.05) is 5.41 Å². The van der Waals surface area contributed by atoms with E-state index in [-0.39, 0.29) is 10.7 Å². The second-order valence-electron chi connectivity index (χ2n) is 6.26. The second kappa shape index (κ2) is 3.95. The number of fused-ring (bicyclic) bond motifs is 2. The van der Waals surface area contributed by atoms with E-state index >= 15 is 0 Å². The van der Waals surface area contributed by atoms with Crippen molar-refractivity contribution in [2.75, 3.05) is 0 Å². The number of allylic oxidation sites excluding steroid dienone is 1. The fourth-order valence-electron chi connectivity index (χ4n) is 3.78. The Morgan fingerprint density at radius 1 is 1.26 bits per heavy atom. The summed E-state index contributed by atoms with van der Waals surface area (Å²) in [4.78, 5) is 0.463. The van der Waals surface area contributed by atoms with E-state index in [4.69, 9.17) is 0 Å². The summed E-state index contributed by atoms with van der Waals surface area (Å²) in [5.74, 6) is 0.412. The van der Waals surface area contributed by atoms with Crippen LogP contribution in [-0.4, -0.2) is 13.7 Å². The molecule has 0 heterocycles. The van der Waals surface area contributed by atoms with E-state index in [1.807, 2.05) is 19.1 Å². The van der Waals surface area contributed by atoms with E-state index in [0.29, 0.717) is 10.8 Å². The number of hydrogen-bond acceptors (Lipinski definition) is 2. The van der Waals surface area contributed by atoms with Crippen molar-refractivity contribution in [2.24, 2.45) is 11.3 Å². The summed E-state index contributed by atoms with van der Waals surface area (Å²) in [6.07, 6.45) is 2.83. The highest BCUT2D eigenvalue weighted by Crippen LogP contribution is 2.59. The Morgan fingerprint density at radius 2 is 1.89 bits per heavy atom. The number of aryl methyl sites for hydroxylation is 1. The van der Waals surface area contributed by atoms with Crippen LogP contribution in [0.25, 0.3) is 0 Å². The third-order valence-corrected chi connectivity index (χ3v) is 7.56. The smallest absolute Gasteiger partial charge is 0.182 e. The fraction of sp³-hybridized carbons (Fsp3) is 0.500. The molecule has 2 nitrogen and oxygen atoms in total. The van der Waals surface area contributed by atoms with Gasteiger partial charge in [-0.25, -0.2) is 8.42 Å². The molecule has 2 aliphatic carbocycles. The van der Waals surface area contributed by atoms with Gasteiger partial charge in [0.25, 0.3) is 0 Å². The molecule has 3 rings (SSSR count). The molecule has 2 bridgehead atoms. The van der Waals surface area contributed by atoms with Crippen molar-refractivity contribution in [1.29, 1.82) is 0 Å². The minimum absolute atomic E-state index is 0.214. The molecule has 2 saturated carbocycles. The average Bonchev–Trinajstić information content (AvgIpc) is 2.79. The largest absolute Gasteiger partial charge is 0.223 e. The summed E-state index contributed by atoms with van der Waals surface area (Å²) in [5, 5.41) is -0.283. The van der Waals surface area contributed by atoms with Crippen LogP contribution in [0.4, 0.5) is 0 Å². The summed E-state index contributed by atoms with van der Waals surface area (Å²) in [5.41, 5.74) is 2.03. The van der Waals surface area contributed by atoms with Gasteiger partial charge in [0.15, 0.2) is 9.84 Å². The zero-order valence-electron chi connectivity index (χ0n) is 11.5. The van der Waals surface area contributed by atoms with Crippen LogP contribution in [-0.2, 0) is 9.84 Å². The molecular weight excluding hydrogens is 256 g/mol. The summed E-state index contributed by atoms with van der Waals surface area (Å²) >= 11 is 0. The molecule has 0 amide bonds. The van der Waals surface area contributed by atoms with E-state index in [0.717, 1.165) is 30.4 Å². The normalized spacial score (nSPS) is 33.9. The molecule has 0 spiro atoms. The quantitative estimate of drug-likeness (QED) is 0.775. The first-order valence-corrected chi connectivity index (χ1v) is 8.40. The number of sulfone groups is 1. The highest BCUT2D eigenvalue weighted by Gasteiger charge is 2.56. The Labute approximate surface area is 115 Å². The van der Waals surface area contributed by atoms with Gasteiger partial charge < -0.3 is 0 Å². The minimum Gasteiger partial charge on any atom is -0.223 e. The summed E-state index contributed by atoms with van der Waals surface area (Å²) in [7, 11) is -3.24. The van der Waals surface area contributed by atoms with Crippen molar-refractivity contribution in [2.45, 2.75) is 43.3 Å². The van der Waals surface area contributed by atoms with Crippen molar-refractivity contribution >= 4 is 9.84 Å². The molecule has 1 aromatic carbocycles. The maximum atomic E-state index is 12.8. The Morgan fingerprint density at radius 3 is 2.37 bits per heavy atom. The van der Waals surface area contributed by atoms with Gasteiger partial charge in [-0.05, 0) is 44.2 Å². The van der Waals surface area contributed by atoms with E-state index < -0.39 is 9.84 Å². The van der Waals surface area contributed by atoms with Gasteiger partial charge in [0.05, 0.1) is 10.1 Å². The molecule has 0 saturated heterocycles. The van der Waals surface area contributed by atoms with Gasteiger partial charge in [-0.1, -0.05) is 36.8 Å². The standard InChI is InChI=1S/C16H20O2S/c1-11-4-6-14(7-5-11)19(17,18)15-10-13-8-9-16(15,3)12(13)2/h4-7,13,15H,2,8-10H2,1,3H3/t13-,15?,16+/m1/s1. The summed E-state index contributed by atoms with van der Waals surface area (Å²) < 4.78 is 25.7. The average molecular weight is 276 g/mol. The molecule has 2 fully saturated rings. The monoisotopic (exact) mass is 276 g/mol. The van der Waals surface area contributed by atoms with E-state index in [9.17, 15) is 8.42 Å². The van der Waals surface area contributed by atoms with Crippen molar-refractivity contribution < 1.29 is 8.42 Å². The molecule has 0 aromatic heterocycles. The highest BCUT2D eigenvalue weighted by molar-refractivity contribution is 7.92. The zero-order chi connectivity index (χ0) is 13.8. The molecule has 0 N–H and O–H groups in total. The first-order valence-electron chi connectivity index (χ1n) is 6.85. The lowest BCUT2D eigenvalue weighted by Crippen LogP contribution is -2.35. The Balaban J connectivity index is 2.03. The molecule has 0 aliphatic heterocycles. The topological polar surface area (TPSA) is 34.1 Å². The molecule has 0 radical (unpaired) electrons. The molecule has 3 atom stereocenters. The fourth-order valence-corrected chi connectivity index (χ4v) is 6.07. The van der Waals surface area contributed by atoms with Crippen LogP contribution >= 0.6 is 0 Å². The number of rotatable bonds is 2. The first-order chi connectivity index (χ1) is 8.85. The maximum Gasteiger partial charge on any atom is 0.182 e. The van der Waals surface area contributed by atoms with Gasteiger partial charge in [0.1, 0.15) is 0 Å². The molecule has 19 heavy (non-hydrogen) atoms. The van der Waals surface area contributed by atoms with Crippen LogP contribution < -0.4 is 0 Å². The van der Waals surface area contributed by atoms with E-state index in [2.05, 4.69) is 13.5 Å². The summed E-state index contributed by atoms with van der Waals surface area (Å²) in [6.45, 7) is 8.21. The van der Waals surface area contributed by atoms with Crippen molar-refractivity contribution in [1.82, 2.24) is 0 Å².